The highest BCUT2D eigenvalue weighted by molar-refractivity contribution is 5.33. The molecule has 2 rings (SSSR count). The SMILES string of the molecule is CCNCc1ccccc1OCc1cc(F)ccc1F. The largest absolute Gasteiger partial charge is 0.488 e. The van der Waals surface area contributed by atoms with Crippen LogP contribution in [0.2, 0.25) is 0 Å². The van der Waals surface area contributed by atoms with Crippen LogP contribution in [-0.2, 0) is 13.2 Å². The molecule has 0 aliphatic heterocycles. The Bertz CT molecular complexity index is 572. The Kier molecular flexibility index (Phi) is 5.07. The van der Waals surface area contributed by atoms with E-state index in [1.807, 2.05) is 31.2 Å². The number of hydrogen-bond donors (Lipinski definition) is 1. The predicted molar refractivity (Wildman–Crippen MR) is 74.5 cm³/mol. The van der Waals surface area contributed by atoms with Crippen LogP contribution in [0.4, 0.5) is 8.78 Å². The van der Waals surface area contributed by atoms with Gasteiger partial charge in [0, 0.05) is 17.7 Å². The molecule has 2 aromatic carbocycles. The highest BCUT2D eigenvalue weighted by Gasteiger charge is 2.07. The van der Waals surface area contributed by atoms with Gasteiger partial charge in [-0.2, -0.15) is 0 Å². The molecule has 0 aliphatic rings. The van der Waals surface area contributed by atoms with Gasteiger partial charge in [-0.1, -0.05) is 25.1 Å². The fourth-order valence-corrected chi connectivity index (χ4v) is 1.86. The van der Waals surface area contributed by atoms with Crippen LogP contribution in [0.3, 0.4) is 0 Å². The maximum absolute atomic E-state index is 13.5. The monoisotopic (exact) mass is 277 g/mol. The molecule has 0 saturated carbocycles. The minimum atomic E-state index is -0.467. The van der Waals surface area contributed by atoms with Crippen molar-refractivity contribution in [3.05, 3.63) is 65.2 Å². The number of benzene rings is 2. The van der Waals surface area contributed by atoms with Crippen LogP contribution in [0.1, 0.15) is 18.1 Å². The van der Waals surface area contributed by atoms with E-state index in [9.17, 15) is 8.78 Å². The molecule has 0 saturated heterocycles. The summed E-state index contributed by atoms with van der Waals surface area (Å²) in [6.07, 6.45) is 0. The van der Waals surface area contributed by atoms with Gasteiger partial charge >= 0.3 is 0 Å². The van der Waals surface area contributed by atoms with E-state index in [4.69, 9.17) is 4.74 Å². The van der Waals surface area contributed by atoms with Gasteiger partial charge in [0.15, 0.2) is 0 Å². The third-order valence-electron chi connectivity index (χ3n) is 2.93. The van der Waals surface area contributed by atoms with E-state index in [1.54, 1.807) is 0 Å². The van der Waals surface area contributed by atoms with Crippen LogP contribution < -0.4 is 10.1 Å². The molecule has 0 aliphatic carbocycles. The summed E-state index contributed by atoms with van der Waals surface area (Å²) in [5.74, 6) is -0.251. The van der Waals surface area contributed by atoms with Crippen molar-refractivity contribution in [2.24, 2.45) is 0 Å². The molecule has 0 bridgehead atoms. The summed E-state index contributed by atoms with van der Waals surface area (Å²) < 4.78 is 32.2. The Morgan fingerprint density at radius 3 is 2.65 bits per heavy atom. The van der Waals surface area contributed by atoms with E-state index in [1.165, 1.54) is 0 Å². The minimum absolute atomic E-state index is 0.00668. The Morgan fingerprint density at radius 2 is 1.85 bits per heavy atom. The van der Waals surface area contributed by atoms with Gasteiger partial charge in [0.25, 0.3) is 0 Å². The summed E-state index contributed by atoms with van der Waals surface area (Å²) in [4.78, 5) is 0. The van der Waals surface area contributed by atoms with Crippen molar-refractivity contribution in [1.82, 2.24) is 5.32 Å². The lowest BCUT2D eigenvalue weighted by molar-refractivity contribution is 0.295. The molecule has 0 spiro atoms. The van der Waals surface area contributed by atoms with Crippen molar-refractivity contribution in [3.63, 3.8) is 0 Å². The maximum atomic E-state index is 13.5. The first kappa shape index (κ1) is 14.5. The van der Waals surface area contributed by atoms with Crippen molar-refractivity contribution in [3.8, 4) is 5.75 Å². The topological polar surface area (TPSA) is 21.3 Å². The summed E-state index contributed by atoms with van der Waals surface area (Å²) in [5, 5.41) is 3.21. The highest BCUT2D eigenvalue weighted by atomic mass is 19.1. The van der Waals surface area contributed by atoms with Crippen LogP contribution >= 0.6 is 0 Å². The summed E-state index contributed by atoms with van der Waals surface area (Å²) in [6, 6.07) is 10.9. The molecule has 0 aromatic heterocycles. The Labute approximate surface area is 117 Å². The number of nitrogens with one attached hydrogen (secondary N) is 1. The zero-order valence-corrected chi connectivity index (χ0v) is 11.3. The molecule has 2 nitrogen and oxygen atoms in total. The summed E-state index contributed by atoms with van der Waals surface area (Å²) in [5.41, 5.74) is 1.20. The van der Waals surface area contributed by atoms with E-state index in [0.717, 1.165) is 30.3 Å². The first-order chi connectivity index (χ1) is 9.70. The second-order valence-corrected chi connectivity index (χ2v) is 4.41. The molecule has 0 amide bonds. The lowest BCUT2D eigenvalue weighted by Crippen LogP contribution is -2.13. The van der Waals surface area contributed by atoms with E-state index in [2.05, 4.69) is 5.32 Å². The Hall–Kier alpha value is -1.94. The van der Waals surface area contributed by atoms with Crippen molar-refractivity contribution < 1.29 is 13.5 Å². The average molecular weight is 277 g/mol. The lowest BCUT2D eigenvalue weighted by atomic mass is 10.2. The zero-order valence-electron chi connectivity index (χ0n) is 11.3. The average Bonchev–Trinajstić information content (AvgIpc) is 2.47. The van der Waals surface area contributed by atoms with Crippen LogP contribution in [0.5, 0.6) is 5.75 Å². The molecule has 0 fully saturated rings. The fourth-order valence-electron chi connectivity index (χ4n) is 1.86. The molecule has 1 N–H and O–H groups in total. The molecular weight excluding hydrogens is 260 g/mol. The summed E-state index contributed by atoms with van der Waals surface area (Å²) >= 11 is 0. The van der Waals surface area contributed by atoms with Gasteiger partial charge in [-0.05, 0) is 30.8 Å². The standard InChI is InChI=1S/C16H17F2NO/c1-2-19-10-12-5-3-4-6-16(12)20-11-13-9-14(17)7-8-15(13)18/h3-9,19H,2,10-11H2,1H3. The second kappa shape index (κ2) is 7.01. The van der Waals surface area contributed by atoms with Crippen LogP contribution in [0.15, 0.2) is 42.5 Å². The Morgan fingerprint density at radius 1 is 1.05 bits per heavy atom. The van der Waals surface area contributed by atoms with E-state index in [0.29, 0.717) is 12.3 Å². The first-order valence-corrected chi connectivity index (χ1v) is 6.56. The smallest absolute Gasteiger partial charge is 0.130 e. The van der Waals surface area contributed by atoms with Crippen LogP contribution in [-0.4, -0.2) is 6.54 Å². The zero-order chi connectivity index (χ0) is 14.4. The molecule has 4 heteroatoms. The quantitative estimate of drug-likeness (QED) is 0.870. The highest BCUT2D eigenvalue weighted by Crippen LogP contribution is 2.20. The Balaban J connectivity index is 2.08. The molecule has 106 valence electrons. The van der Waals surface area contributed by atoms with Gasteiger partial charge in [-0.25, -0.2) is 8.78 Å². The van der Waals surface area contributed by atoms with Crippen molar-refractivity contribution in [2.75, 3.05) is 6.54 Å². The number of hydrogen-bond acceptors (Lipinski definition) is 2. The number of para-hydroxylation sites is 1. The van der Waals surface area contributed by atoms with Crippen LogP contribution in [0.25, 0.3) is 0 Å². The maximum Gasteiger partial charge on any atom is 0.130 e. The second-order valence-electron chi connectivity index (χ2n) is 4.41. The number of halogens is 2. The van der Waals surface area contributed by atoms with Gasteiger partial charge < -0.3 is 10.1 Å². The molecule has 0 unspecified atom stereocenters. The lowest BCUT2D eigenvalue weighted by Gasteiger charge is -2.12. The molecule has 20 heavy (non-hydrogen) atoms. The fraction of sp³-hybridized carbons (Fsp3) is 0.250. The summed E-state index contributed by atoms with van der Waals surface area (Å²) in [6.45, 7) is 3.56. The van der Waals surface area contributed by atoms with Crippen molar-refractivity contribution >= 4 is 0 Å². The molecular formula is C16H17F2NO. The molecule has 0 atom stereocenters. The van der Waals surface area contributed by atoms with Crippen molar-refractivity contribution in [2.45, 2.75) is 20.1 Å². The van der Waals surface area contributed by atoms with Gasteiger partial charge in [-0.3, -0.25) is 0 Å². The molecule has 0 heterocycles. The predicted octanol–water partition coefficient (Wildman–Crippen LogP) is 3.65. The van der Waals surface area contributed by atoms with Gasteiger partial charge in [0.1, 0.15) is 24.0 Å². The van der Waals surface area contributed by atoms with Crippen LogP contribution in [0, 0.1) is 11.6 Å². The summed E-state index contributed by atoms with van der Waals surface area (Å²) in [7, 11) is 0. The van der Waals surface area contributed by atoms with Gasteiger partial charge in [0.05, 0.1) is 0 Å². The molecule has 0 radical (unpaired) electrons. The van der Waals surface area contributed by atoms with Crippen molar-refractivity contribution in [1.29, 1.82) is 0 Å². The molecule has 2 aromatic rings. The number of ether oxygens (including phenoxy) is 1. The minimum Gasteiger partial charge on any atom is -0.488 e. The van der Waals surface area contributed by atoms with E-state index in [-0.39, 0.29) is 12.2 Å². The third-order valence-corrected chi connectivity index (χ3v) is 2.93. The third kappa shape index (κ3) is 3.78. The van der Waals surface area contributed by atoms with Gasteiger partial charge in [-0.15, -0.1) is 0 Å². The van der Waals surface area contributed by atoms with E-state index >= 15 is 0 Å². The normalized spacial score (nSPS) is 10.6. The first-order valence-electron chi connectivity index (χ1n) is 6.56. The number of rotatable bonds is 6. The van der Waals surface area contributed by atoms with Gasteiger partial charge in [0.2, 0.25) is 0 Å². The van der Waals surface area contributed by atoms with E-state index < -0.39 is 11.6 Å².